The topological polar surface area (TPSA) is 45.5 Å². The Kier molecular flexibility index (Phi) is 3.14. The Morgan fingerprint density at radius 1 is 1.42 bits per heavy atom. The largest absolute Gasteiger partial charge is 0.350 e. The second kappa shape index (κ2) is 4.81. The summed E-state index contributed by atoms with van der Waals surface area (Å²) in [4.78, 5) is 6.97. The Bertz CT molecular complexity index is 576. The van der Waals surface area contributed by atoms with E-state index in [0.29, 0.717) is 12.0 Å². The predicted octanol–water partition coefficient (Wildman–Crippen LogP) is 1.79. The van der Waals surface area contributed by atoms with Gasteiger partial charge in [0.1, 0.15) is 0 Å². The molecule has 0 aromatic carbocycles. The van der Waals surface area contributed by atoms with Crippen LogP contribution >= 0.6 is 0 Å². The van der Waals surface area contributed by atoms with Crippen LogP contribution in [0, 0.1) is 12.8 Å². The van der Waals surface area contributed by atoms with Gasteiger partial charge in [-0.05, 0) is 44.5 Å². The molecule has 3 rings (SSSR count). The number of hydrogen-bond donors (Lipinski definition) is 1. The molecule has 1 aliphatic heterocycles. The number of anilines is 1. The lowest BCUT2D eigenvalue weighted by Crippen LogP contribution is -2.43. The maximum Gasteiger partial charge on any atom is 0.243 e. The molecular formula is C14H21N5. The first-order valence-electron chi connectivity index (χ1n) is 6.90. The minimum Gasteiger partial charge on any atom is -0.350 e. The zero-order valence-corrected chi connectivity index (χ0v) is 11.8. The van der Waals surface area contributed by atoms with Gasteiger partial charge < -0.3 is 10.2 Å². The van der Waals surface area contributed by atoms with Gasteiger partial charge in [0.25, 0.3) is 0 Å². The summed E-state index contributed by atoms with van der Waals surface area (Å²) in [5.41, 5.74) is 2.09. The minimum absolute atomic E-state index is 0.467. The molecule has 0 saturated carbocycles. The molecule has 3 heterocycles. The number of nitrogens with one attached hydrogen (secondary N) is 1. The van der Waals surface area contributed by atoms with Crippen molar-refractivity contribution in [3.05, 3.63) is 23.9 Å². The van der Waals surface area contributed by atoms with E-state index in [1.165, 1.54) is 0 Å². The first-order chi connectivity index (χ1) is 9.13. The van der Waals surface area contributed by atoms with Crippen molar-refractivity contribution < 1.29 is 0 Å². The second-order valence-electron chi connectivity index (χ2n) is 5.67. The van der Waals surface area contributed by atoms with Gasteiger partial charge in [-0.3, -0.25) is 0 Å². The summed E-state index contributed by atoms with van der Waals surface area (Å²) in [6, 6.07) is 4.53. The van der Waals surface area contributed by atoms with Crippen LogP contribution in [0.15, 0.2) is 18.3 Å². The number of pyridine rings is 1. The smallest absolute Gasteiger partial charge is 0.243 e. The molecular weight excluding hydrogens is 238 g/mol. The zero-order chi connectivity index (χ0) is 13.4. The third kappa shape index (κ3) is 2.42. The molecule has 1 fully saturated rings. The van der Waals surface area contributed by atoms with Crippen molar-refractivity contribution in [3.8, 4) is 0 Å². The SMILES string of the molecule is Cc1cccn2nc(NC3CCN(C)CC3C)nc12. The molecule has 0 bridgehead atoms. The zero-order valence-electron chi connectivity index (χ0n) is 11.8. The van der Waals surface area contributed by atoms with Gasteiger partial charge in [0.2, 0.25) is 5.95 Å². The molecule has 1 N–H and O–H groups in total. The van der Waals surface area contributed by atoms with Crippen LogP contribution in [0.5, 0.6) is 0 Å². The highest BCUT2D eigenvalue weighted by atomic mass is 15.4. The van der Waals surface area contributed by atoms with Crippen LogP contribution in [0.4, 0.5) is 5.95 Å². The fourth-order valence-electron chi connectivity index (χ4n) is 2.84. The number of hydrogen-bond acceptors (Lipinski definition) is 4. The van der Waals surface area contributed by atoms with Gasteiger partial charge in [0.15, 0.2) is 5.65 Å². The summed E-state index contributed by atoms with van der Waals surface area (Å²) in [6.45, 7) is 6.61. The van der Waals surface area contributed by atoms with Crippen LogP contribution in [-0.4, -0.2) is 45.7 Å². The van der Waals surface area contributed by atoms with Gasteiger partial charge in [0.05, 0.1) is 0 Å². The molecule has 1 saturated heterocycles. The number of aryl methyl sites for hydroxylation is 1. The standard InChI is InChI=1S/C14H21N5/c1-10-5-4-7-19-13(10)16-14(17-19)15-12-6-8-18(3)9-11(12)2/h4-5,7,11-12H,6,8-9H2,1-3H3,(H,15,17). The maximum atomic E-state index is 4.59. The average Bonchev–Trinajstić information content (AvgIpc) is 2.77. The summed E-state index contributed by atoms with van der Waals surface area (Å²) in [5, 5.41) is 8.00. The molecule has 1 aliphatic rings. The number of nitrogens with zero attached hydrogens (tertiary/aromatic N) is 4. The van der Waals surface area contributed by atoms with Crippen LogP contribution in [0.25, 0.3) is 5.65 Å². The van der Waals surface area contributed by atoms with E-state index in [2.05, 4.69) is 47.3 Å². The van der Waals surface area contributed by atoms with Crippen molar-refractivity contribution in [2.75, 3.05) is 25.5 Å². The van der Waals surface area contributed by atoms with E-state index >= 15 is 0 Å². The van der Waals surface area contributed by atoms with E-state index in [1.54, 1.807) is 0 Å². The summed E-state index contributed by atoms with van der Waals surface area (Å²) in [6.07, 6.45) is 3.09. The molecule has 0 radical (unpaired) electrons. The van der Waals surface area contributed by atoms with Crippen LogP contribution in [0.2, 0.25) is 0 Å². The lowest BCUT2D eigenvalue weighted by Gasteiger charge is -2.34. The summed E-state index contributed by atoms with van der Waals surface area (Å²) >= 11 is 0. The van der Waals surface area contributed by atoms with Crippen LogP contribution in [0.3, 0.4) is 0 Å². The molecule has 5 heteroatoms. The Morgan fingerprint density at radius 3 is 3.00 bits per heavy atom. The van der Waals surface area contributed by atoms with Crippen molar-refractivity contribution in [1.29, 1.82) is 0 Å². The molecule has 5 nitrogen and oxygen atoms in total. The van der Waals surface area contributed by atoms with Crippen molar-refractivity contribution in [2.24, 2.45) is 5.92 Å². The number of rotatable bonds is 2. The quantitative estimate of drug-likeness (QED) is 0.893. The van der Waals surface area contributed by atoms with Gasteiger partial charge in [-0.2, -0.15) is 4.98 Å². The third-order valence-electron chi connectivity index (χ3n) is 3.98. The lowest BCUT2D eigenvalue weighted by atomic mass is 9.94. The molecule has 0 aliphatic carbocycles. The van der Waals surface area contributed by atoms with Crippen molar-refractivity contribution >= 4 is 11.6 Å². The van der Waals surface area contributed by atoms with Gasteiger partial charge >= 0.3 is 0 Å². The monoisotopic (exact) mass is 259 g/mol. The maximum absolute atomic E-state index is 4.59. The summed E-state index contributed by atoms with van der Waals surface area (Å²) in [5.74, 6) is 1.36. The highest BCUT2D eigenvalue weighted by Crippen LogP contribution is 2.19. The van der Waals surface area contributed by atoms with Gasteiger partial charge in [-0.25, -0.2) is 4.52 Å². The van der Waals surface area contributed by atoms with Crippen molar-refractivity contribution in [2.45, 2.75) is 26.3 Å². The van der Waals surface area contributed by atoms with E-state index < -0.39 is 0 Å². The molecule has 102 valence electrons. The predicted molar refractivity (Wildman–Crippen MR) is 76.4 cm³/mol. The Balaban J connectivity index is 1.80. The molecule has 0 amide bonds. The highest BCUT2D eigenvalue weighted by Gasteiger charge is 2.25. The van der Waals surface area contributed by atoms with Crippen molar-refractivity contribution in [3.63, 3.8) is 0 Å². The van der Waals surface area contributed by atoms with E-state index in [0.717, 1.165) is 36.7 Å². The fourth-order valence-corrected chi connectivity index (χ4v) is 2.84. The van der Waals surface area contributed by atoms with Gasteiger partial charge in [0, 0.05) is 18.8 Å². The first-order valence-corrected chi connectivity index (χ1v) is 6.90. The molecule has 2 aromatic rings. The molecule has 2 unspecified atom stereocenters. The Hall–Kier alpha value is -1.62. The van der Waals surface area contributed by atoms with E-state index in [9.17, 15) is 0 Å². The van der Waals surface area contributed by atoms with Gasteiger partial charge in [-0.15, -0.1) is 5.10 Å². The average molecular weight is 259 g/mol. The molecule has 19 heavy (non-hydrogen) atoms. The first kappa shape index (κ1) is 12.4. The fraction of sp³-hybridized carbons (Fsp3) is 0.571. The van der Waals surface area contributed by atoms with Gasteiger partial charge in [-0.1, -0.05) is 13.0 Å². The summed E-state index contributed by atoms with van der Waals surface area (Å²) in [7, 11) is 2.18. The number of piperidine rings is 1. The normalized spacial score (nSPS) is 24.8. The molecule has 2 atom stereocenters. The van der Waals surface area contributed by atoms with Crippen molar-refractivity contribution in [1.82, 2.24) is 19.5 Å². The Morgan fingerprint density at radius 2 is 2.26 bits per heavy atom. The van der Waals surface area contributed by atoms with Crippen LogP contribution < -0.4 is 5.32 Å². The molecule has 0 spiro atoms. The van der Waals surface area contributed by atoms with E-state index in [4.69, 9.17) is 0 Å². The second-order valence-corrected chi connectivity index (χ2v) is 5.67. The Labute approximate surface area is 113 Å². The number of fused-ring (bicyclic) bond motifs is 1. The van der Waals surface area contributed by atoms with E-state index in [-0.39, 0.29) is 0 Å². The lowest BCUT2D eigenvalue weighted by molar-refractivity contribution is 0.206. The number of aromatic nitrogens is 3. The third-order valence-corrected chi connectivity index (χ3v) is 3.98. The molecule has 2 aromatic heterocycles. The highest BCUT2D eigenvalue weighted by molar-refractivity contribution is 5.50. The van der Waals surface area contributed by atoms with Crippen LogP contribution in [-0.2, 0) is 0 Å². The van der Waals surface area contributed by atoms with Crippen LogP contribution in [0.1, 0.15) is 18.9 Å². The van der Waals surface area contributed by atoms with E-state index in [1.807, 2.05) is 16.8 Å². The summed E-state index contributed by atoms with van der Waals surface area (Å²) < 4.78 is 1.84. The minimum atomic E-state index is 0.467. The number of likely N-dealkylation sites (tertiary alicyclic amines) is 1.